The average molecular weight is 321 g/mol. The smallest absolute Gasteiger partial charge is 0.214 e. The van der Waals surface area contributed by atoms with Crippen LogP contribution in [0.3, 0.4) is 0 Å². The first-order valence-electron chi connectivity index (χ1n) is 5.84. The number of hydrazone groups is 1. The highest BCUT2D eigenvalue weighted by Gasteiger charge is 2.36. The number of nitrogens with two attached hydrogens (primary N) is 1. The number of hydrogen-bond acceptors (Lipinski definition) is 5. The highest BCUT2D eigenvalue weighted by Crippen LogP contribution is 2.27. The van der Waals surface area contributed by atoms with Crippen LogP contribution in [-0.2, 0) is 0 Å². The molecule has 6 heteroatoms. The molecule has 1 heterocycles. The highest BCUT2D eigenvalue weighted by atomic mass is 79.9. The Balaban J connectivity index is 0.000000637. The number of Topliss-reactive ketones (excluding diaryl/α,β-unsaturated/α-hetero) is 1. The Morgan fingerprint density at radius 2 is 1.95 bits per heavy atom. The summed E-state index contributed by atoms with van der Waals surface area (Å²) in [5.74, 6) is 5.71. The van der Waals surface area contributed by atoms with E-state index in [1.165, 1.54) is 0 Å². The van der Waals surface area contributed by atoms with Crippen molar-refractivity contribution in [3.8, 4) is 0 Å². The molecule has 0 spiro atoms. The van der Waals surface area contributed by atoms with Crippen LogP contribution in [0.2, 0.25) is 0 Å². The Bertz CT molecular complexity index is 634. The van der Waals surface area contributed by atoms with Crippen LogP contribution in [0.15, 0.2) is 45.2 Å². The molecule has 0 saturated heterocycles. The fourth-order valence-corrected chi connectivity index (χ4v) is 2.18. The van der Waals surface area contributed by atoms with Gasteiger partial charge in [-0.1, -0.05) is 36.4 Å². The summed E-state index contributed by atoms with van der Waals surface area (Å²) in [5.41, 5.74) is 2.14. The number of halogens is 1. The lowest BCUT2D eigenvalue weighted by molar-refractivity contribution is 0.106. The number of hydrogen-bond donors (Lipinski definition) is 1. The summed E-state index contributed by atoms with van der Waals surface area (Å²) in [7, 11) is 0. The van der Waals surface area contributed by atoms with E-state index in [2.05, 4.69) is 32.6 Å². The zero-order chi connectivity index (χ0) is 14.2. The molecule has 1 aliphatic heterocycles. The van der Waals surface area contributed by atoms with E-state index in [1.807, 2.05) is 26.0 Å². The van der Waals surface area contributed by atoms with Gasteiger partial charge in [-0.25, -0.2) is 10.8 Å². The Kier molecular flexibility index (Phi) is 3.64. The van der Waals surface area contributed by atoms with Gasteiger partial charge in [0.25, 0.3) is 0 Å². The Morgan fingerprint density at radius 1 is 1.26 bits per heavy atom. The molecule has 2 aliphatic rings. The minimum Gasteiger partial charge on any atom is -0.287 e. The van der Waals surface area contributed by atoms with Gasteiger partial charge in [0.2, 0.25) is 5.78 Å². The quantitative estimate of drug-likeness (QED) is 0.746. The van der Waals surface area contributed by atoms with Crippen LogP contribution in [0.5, 0.6) is 0 Å². The predicted molar refractivity (Wildman–Crippen MR) is 79.0 cm³/mol. The molecule has 0 radical (unpaired) electrons. The second-order valence-electron chi connectivity index (χ2n) is 3.69. The number of benzene rings is 1. The number of ketones is 1. The lowest BCUT2D eigenvalue weighted by Crippen LogP contribution is -2.32. The third-order valence-corrected chi connectivity index (χ3v) is 3.13. The summed E-state index contributed by atoms with van der Waals surface area (Å²) in [5, 5.41) is 5.19. The third kappa shape index (κ3) is 2.13. The molecular weight excluding hydrogens is 308 g/mol. The number of carbonyl (C=O) groups excluding carboxylic acids is 1. The molecule has 3 rings (SSSR count). The molecule has 1 aliphatic carbocycles. The normalized spacial score (nSPS) is 16.1. The molecule has 19 heavy (non-hydrogen) atoms. The van der Waals surface area contributed by atoms with Crippen LogP contribution in [0, 0.1) is 0 Å². The van der Waals surface area contributed by atoms with Gasteiger partial charge in [0.05, 0.1) is 0 Å². The third-order valence-electron chi connectivity index (χ3n) is 2.63. The lowest BCUT2D eigenvalue weighted by Gasteiger charge is -2.17. The molecule has 98 valence electrons. The maximum absolute atomic E-state index is 12.1. The second-order valence-corrected chi connectivity index (χ2v) is 4.60. The van der Waals surface area contributed by atoms with Gasteiger partial charge < -0.3 is 0 Å². The van der Waals surface area contributed by atoms with E-state index in [-0.39, 0.29) is 11.6 Å². The monoisotopic (exact) mass is 320 g/mol. The summed E-state index contributed by atoms with van der Waals surface area (Å²) >= 11 is 3.36. The van der Waals surface area contributed by atoms with Gasteiger partial charge in [-0.15, -0.1) is 0 Å². The summed E-state index contributed by atoms with van der Waals surface area (Å²) in [4.78, 5) is 16.1. The number of fused-ring (bicyclic) bond motifs is 3. The number of hydrazine groups is 1. The fraction of sp³-hybridized carbons (Fsp3) is 0.154. The van der Waals surface area contributed by atoms with E-state index in [1.54, 1.807) is 6.07 Å². The topological polar surface area (TPSA) is 71.0 Å². The number of rotatable bonds is 0. The van der Waals surface area contributed by atoms with E-state index in [0.29, 0.717) is 17.0 Å². The highest BCUT2D eigenvalue weighted by molar-refractivity contribution is 9.10. The molecule has 1 aromatic rings. The Morgan fingerprint density at radius 3 is 2.63 bits per heavy atom. The molecule has 0 amide bonds. The first-order valence-corrected chi connectivity index (χ1v) is 6.63. The largest absolute Gasteiger partial charge is 0.287 e. The van der Waals surface area contributed by atoms with Gasteiger partial charge >= 0.3 is 0 Å². The van der Waals surface area contributed by atoms with Gasteiger partial charge in [-0.2, -0.15) is 10.2 Å². The van der Waals surface area contributed by atoms with E-state index >= 15 is 0 Å². The zero-order valence-corrected chi connectivity index (χ0v) is 12.2. The maximum atomic E-state index is 12.1. The van der Waals surface area contributed by atoms with Crippen molar-refractivity contribution in [3.63, 3.8) is 0 Å². The summed E-state index contributed by atoms with van der Waals surface area (Å²) < 4.78 is 0.876. The minimum absolute atomic E-state index is 0.138. The minimum atomic E-state index is -0.138. The van der Waals surface area contributed by atoms with Gasteiger partial charge in [0, 0.05) is 15.6 Å². The molecule has 0 aromatic heterocycles. The first-order chi connectivity index (χ1) is 9.08. The van der Waals surface area contributed by atoms with Gasteiger partial charge in [0.1, 0.15) is 11.4 Å². The molecule has 0 fully saturated rings. The summed E-state index contributed by atoms with van der Waals surface area (Å²) in [6.45, 7) is 7.62. The average Bonchev–Trinajstić information content (AvgIpc) is 2.66. The van der Waals surface area contributed by atoms with E-state index in [9.17, 15) is 4.79 Å². The molecule has 0 atom stereocenters. The van der Waals surface area contributed by atoms with E-state index in [0.717, 1.165) is 15.2 Å². The van der Waals surface area contributed by atoms with Crippen LogP contribution < -0.4 is 5.84 Å². The number of carbonyl (C=O) groups is 1. The summed E-state index contributed by atoms with van der Waals surface area (Å²) in [6.07, 6.45) is 0. The first kappa shape index (κ1) is 13.6. The zero-order valence-electron chi connectivity index (χ0n) is 10.6. The van der Waals surface area contributed by atoms with Gasteiger partial charge in [-0.3, -0.25) is 4.79 Å². The van der Waals surface area contributed by atoms with Crippen LogP contribution in [0.25, 0.3) is 0 Å². The van der Waals surface area contributed by atoms with Crippen molar-refractivity contribution in [2.45, 2.75) is 13.8 Å². The van der Waals surface area contributed by atoms with E-state index < -0.39 is 0 Å². The van der Waals surface area contributed by atoms with Crippen LogP contribution >= 0.6 is 15.9 Å². The second kappa shape index (κ2) is 5.07. The van der Waals surface area contributed by atoms with Crippen molar-refractivity contribution < 1.29 is 4.79 Å². The van der Waals surface area contributed by atoms with Gasteiger partial charge in [0.15, 0.2) is 5.82 Å². The van der Waals surface area contributed by atoms with Crippen molar-refractivity contribution in [2.24, 2.45) is 15.9 Å². The SMILES string of the molecule is C=C1N=C2C(=O)c3ccc(Br)cc3C2=NN1N.CC. The molecular formula is C13H13BrN4O. The van der Waals surface area contributed by atoms with Gasteiger partial charge in [-0.05, 0) is 18.2 Å². The van der Waals surface area contributed by atoms with Crippen LogP contribution in [-0.4, -0.2) is 22.3 Å². The van der Waals surface area contributed by atoms with Crippen molar-refractivity contribution >= 4 is 33.1 Å². The standard InChI is InChI=1S/C11H7BrN4O.C2H6/c1-5-14-10-9(15-16(5)13)8-4-6(12)2-3-7(8)11(10)17;1-2/h2-4H,1,13H2;1-2H3. The van der Waals surface area contributed by atoms with Crippen molar-refractivity contribution in [1.82, 2.24) is 5.12 Å². The Labute approximate surface area is 119 Å². The fourth-order valence-electron chi connectivity index (χ4n) is 1.82. The molecule has 0 saturated carbocycles. The molecule has 5 nitrogen and oxygen atoms in total. The predicted octanol–water partition coefficient (Wildman–Crippen LogP) is 2.48. The van der Waals surface area contributed by atoms with E-state index in [4.69, 9.17) is 5.84 Å². The lowest BCUT2D eigenvalue weighted by atomic mass is 10.1. The summed E-state index contributed by atoms with van der Waals surface area (Å²) in [6, 6.07) is 5.38. The van der Waals surface area contributed by atoms with Crippen molar-refractivity contribution in [2.75, 3.05) is 0 Å². The molecule has 2 N–H and O–H groups in total. The molecule has 1 aromatic carbocycles. The Hall–Kier alpha value is -1.79. The molecule has 0 bridgehead atoms. The van der Waals surface area contributed by atoms with Crippen LogP contribution in [0.1, 0.15) is 29.8 Å². The number of aliphatic imine (C=N–C) groups is 1. The maximum Gasteiger partial charge on any atom is 0.214 e. The van der Waals surface area contributed by atoms with Crippen LogP contribution in [0.4, 0.5) is 0 Å². The number of nitrogens with zero attached hydrogens (tertiary/aromatic N) is 3. The van der Waals surface area contributed by atoms with Crippen molar-refractivity contribution in [1.29, 1.82) is 0 Å². The van der Waals surface area contributed by atoms with Crippen molar-refractivity contribution in [3.05, 3.63) is 46.2 Å². The molecule has 0 unspecified atom stereocenters.